The molecule has 0 atom stereocenters. The molecule has 0 aliphatic carbocycles. The summed E-state index contributed by atoms with van der Waals surface area (Å²) in [6, 6.07) is 0.417. The second-order valence-electron chi connectivity index (χ2n) is 3.04. The minimum atomic E-state index is -4.90. The summed E-state index contributed by atoms with van der Waals surface area (Å²) < 4.78 is 92.9. The number of hydrogen-bond donors (Lipinski definition) is 1. The highest BCUT2D eigenvalue weighted by atomic mass is 32.3. The summed E-state index contributed by atoms with van der Waals surface area (Å²) in [5.41, 5.74) is 0. The smallest absolute Gasteiger partial charge is 0.326 e. The lowest BCUT2D eigenvalue weighted by Gasteiger charge is -2.06. The van der Waals surface area contributed by atoms with Gasteiger partial charge in [0, 0.05) is 12.1 Å². The summed E-state index contributed by atoms with van der Waals surface area (Å²) in [7, 11) is -9.74. The van der Waals surface area contributed by atoms with E-state index in [1.165, 1.54) is 0 Å². The van der Waals surface area contributed by atoms with Crippen molar-refractivity contribution in [2.75, 3.05) is 5.08 Å². The van der Waals surface area contributed by atoms with Crippen molar-refractivity contribution in [2.45, 2.75) is 0 Å². The van der Waals surface area contributed by atoms with Gasteiger partial charge in [-0.1, -0.05) is 0 Å². The Bertz CT molecular complexity index is 643. The Morgan fingerprint density at radius 3 is 1.89 bits per heavy atom. The highest BCUT2D eigenvalue weighted by molar-refractivity contribution is 8.03. The van der Waals surface area contributed by atoms with E-state index in [1.54, 1.807) is 0 Å². The van der Waals surface area contributed by atoms with Crippen LogP contribution in [0.5, 0.6) is 5.75 Å². The standard InChI is InChI=1S/C7H5F3O6S2/c8-5-1-4(2-6(9)7(5)10)16-18(14,15)3-17(11,12)13/h1-2H,3H2,(H,11,12,13). The number of rotatable bonds is 4. The molecule has 0 saturated carbocycles. The van der Waals surface area contributed by atoms with Crippen LogP contribution in [0.2, 0.25) is 0 Å². The molecular formula is C7H5F3O6S2. The zero-order chi connectivity index (χ0) is 14.1. The molecule has 0 aromatic heterocycles. The van der Waals surface area contributed by atoms with E-state index in [-0.39, 0.29) is 12.1 Å². The maximum absolute atomic E-state index is 12.7. The first-order chi connectivity index (χ1) is 8.00. The summed E-state index contributed by atoms with van der Waals surface area (Å²) >= 11 is 0. The molecule has 11 heteroatoms. The molecule has 0 heterocycles. The molecule has 0 amide bonds. The highest BCUT2D eigenvalue weighted by Crippen LogP contribution is 2.21. The molecule has 1 aromatic rings. The quantitative estimate of drug-likeness (QED) is 0.498. The lowest BCUT2D eigenvalue weighted by molar-refractivity contribution is 0.433. The highest BCUT2D eigenvalue weighted by Gasteiger charge is 2.23. The molecule has 18 heavy (non-hydrogen) atoms. The van der Waals surface area contributed by atoms with Gasteiger partial charge in [-0.15, -0.1) is 0 Å². The Morgan fingerprint density at radius 2 is 1.50 bits per heavy atom. The molecule has 6 nitrogen and oxygen atoms in total. The van der Waals surface area contributed by atoms with Crippen LogP contribution in [0.25, 0.3) is 0 Å². The Hall–Kier alpha value is -1.33. The molecule has 0 bridgehead atoms. The van der Waals surface area contributed by atoms with Gasteiger partial charge < -0.3 is 4.18 Å². The van der Waals surface area contributed by atoms with Gasteiger partial charge in [0.15, 0.2) is 17.5 Å². The minimum absolute atomic E-state index is 0.208. The van der Waals surface area contributed by atoms with Crippen LogP contribution in [0.15, 0.2) is 12.1 Å². The fourth-order valence-electron chi connectivity index (χ4n) is 0.933. The molecular weight excluding hydrogens is 301 g/mol. The normalized spacial score (nSPS) is 12.4. The zero-order valence-electron chi connectivity index (χ0n) is 8.30. The fourth-order valence-corrected chi connectivity index (χ4v) is 2.97. The average molecular weight is 306 g/mol. The van der Waals surface area contributed by atoms with Gasteiger partial charge in [0.2, 0.25) is 5.08 Å². The minimum Gasteiger partial charge on any atom is -0.381 e. The van der Waals surface area contributed by atoms with Crippen molar-refractivity contribution in [3.63, 3.8) is 0 Å². The lowest BCUT2D eigenvalue weighted by atomic mass is 10.3. The van der Waals surface area contributed by atoms with Crippen LogP contribution in [0.3, 0.4) is 0 Å². The SMILES string of the molecule is O=S(=O)(O)CS(=O)(=O)Oc1cc(F)c(F)c(F)c1. The Kier molecular flexibility index (Phi) is 3.88. The maximum Gasteiger partial charge on any atom is 0.326 e. The summed E-state index contributed by atoms with van der Waals surface area (Å²) in [6.45, 7) is 0. The second kappa shape index (κ2) is 4.74. The summed E-state index contributed by atoms with van der Waals surface area (Å²) in [6.07, 6.45) is 0. The van der Waals surface area contributed by atoms with Crippen molar-refractivity contribution in [1.29, 1.82) is 0 Å². The van der Waals surface area contributed by atoms with Crippen molar-refractivity contribution in [2.24, 2.45) is 0 Å². The lowest BCUT2D eigenvalue weighted by Crippen LogP contribution is -2.20. The third-order valence-electron chi connectivity index (χ3n) is 1.47. The first kappa shape index (κ1) is 14.7. The van der Waals surface area contributed by atoms with E-state index in [4.69, 9.17) is 4.55 Å². The largest absolute Gasteiger partial charge is 0.381 e. The van der Waals surface area contributed by atoms with Crippen molar-refractivity contribution in [1.82, 2.24) is 0 Å². The van der Waals surface area contributed by atoms with Gasteiger partial charge in [-0.2, -0.15) is 16.8 Å². The maximum atomic E-state index is 12.7. The van der Waals surface area contributed by atoms with Crippen LogP contribution >= 0.6 is 0 Å². The Labute approximate surface area is 99.9 Å². The third-order valence-corrected chi connectivity index (χ3v) is 4.27. The first-order valence-electron chi connectivity index (χ1n) is 4.02. The van der Waals surface area contributed by atoms with E-state index in [9.17, 15) is 30.0 Å². The van der Waals surface area contributed by atoms with Gasteiger partial charge in [-0.3, -0.25) is 4.55 Å². The summed E-state index contributed by atoms with van der Waals surface area (Å²) in [5.74, 6) is -6.23. The van der Waals surface area contributed by atoms with Gasteiger partial charge in [-0.05, 0) is 0 Å². The molecule has 102 valence electrons. The van der Waals surface area contributed by atoms with Crippen molar-refractivity contribution >= 4 is 20.2 Å². The van der Waals surface area contributed by atoms with Crippen LogP contribution < -0.4 is 4.18 Å². The fraction of sp³-hybridized carbons (Fsp3) is 0.143. The molecule has 0 fully saturated rings. The van der Waals surface area contributed by atoms with E-state index in [2.05, 4.69) is 4.18 Å². The van der Waals surface area contributed by atoms with Crippen LogP contribution in [0, 0.1) is 17.5 Å². The summed E-state index contributed by atoms with van der Waals surface area (Å²) in [4.78, 5) is 0. The Morgan fingerprint density at radius 1 is 1.06 bits per heavy atom. The molecule has 1 aromatic carbocycles. The van der Waals surface area contributed by atoms with Crippen LogP contribution in [-0.4, -0.2) is 26.5 Å². The van der Waals surface area contributed by atoms with Crippen LogP contribution in [0.1, 0.15) is 0 Å². The van der Waals surface area contributed by atoms with Crippen molar-refractivity contribution < 1.29 is 38.7 Å². The van der Waals surface area contributed by atoms with E-state index in [0.29, 0.717) is 0 Å². The predicted octanol–water partition coefficient (Wildman–Crippen LogP) is 0.658. The predicted molar refractivity (Wildman–Crippen MR) is 52.3 cm³/mol. The molecule has 0 aliphatic rings. The average Bonchev–Trinajstić information content (AvgIpc) is 2.08. The van der Waals surface area contributed by atoms with Crippen molar-refractivity contribution in [3.8, 4) is 5.75 Å². The van der Waals surface area contributed by atoms with Crippen LogP contribution in [-0.2, 0) is 20.2 Å². The second-order valence-corrected chi connectivity index (χ2v) is 6.43. The third kappa shape index (κ3) is 4.16. The molecule has 0 radical (unpaired) electrons. The van der Waals surface area contributed by atoms with Gasteiger partial charge in [0.25, 0.3) is 10.1 Å². The van der Waals surface area contributed by atoms with Gasteiger partial charge in [-0.25, -0.2) is 13.2 Å². The molecule has 0 unspecified atom stereocenters. The molecule has 1 rings (SSSR count). The topological polar surface area (TPSA) is 97.7 Å². The van der Waals surface area contributed by atoms with Gasteiger partial charge in [0.05, 0.1) is 0 Å². The van der Waals surface area contributed by atoms with E-state index in [1.807, 2.05) is 0 Å². The first-order valence-corrected chi connectivity index (χ1v) is 7.21. The van der Waals surface area contributed by atoms with Gasteiger partial charge in [0.1, 0.15) is 5.75 Å². The van der Waals surface area contributed by atoms with E-state index in [0.717, 1.165) is 0 Å². The number of benzene rings is 1. The number of hydrogen-bond acceptors (Lipinski definition) is 5. The van der Waals surface area contributed by atoms with Crippen molar-refractivity contribution in [3.05, 3.63) is 29.6 Å². The Balaban J connectivity index is 3.06. The molecule has 0 aliphatic heterocycles. The number of halogens is 3. The molecule has 0 saturated heterocycles. The monoisotopic (exact) mass is 306 g/mol. The van der Waals surface area contributed by atoms with Crippen LogP contribution in [0.4, 0.5) is 13.2 Å². The molecule has 1 N–H and O–H groups in total. The zero-order valence-corrected chi connectivity index (χ0v) is 9.93. The van der Waals surface area contributed by atoms with E-state index >= 15 is 0 Å². The molecule has 0 spiro atoms. The summed E-state index contributed by atoms with van der Waals surface area (Å²) in [5, 5.41) is -1.80. The van der Waals surface area contributed by atoms with E-state index < -0.39 is 48.5 Å². The van der Waals surface area contributed by atoms with Gasteiger partial charge >= 0.3 is 10.1 Å².